The second-order valence-corrected chi connectivity index (χ2v) is 9.80. The molecule has 0 nitrogen and oxygen atoms in total. The van der Waals surface area contributed by atoms with Crippen LogP contribution in [0.3, 0.4) is 0 Å². The average molecular weight is 298 g/mol. The molecule has 0 aromatic heterocycles. The van der Waals surface area contributed by atoms with Gasteiger partial charge in [-0.15, -0.1) is 8.58 Å². The summed E-state index contributed by atoms with van der Waals surface area (Å²) in [4.78, 5) is 0. The first-order valence-corrected chi connectivity index (χ1v) is 13.4. The fourth-order valence-corrected chi connectivity index (χ4v) is 5.02. The Morgan fingerprint density at radius 3 is 1.31 bits per heavy atom. The molecule has 0 saturated heterocycles. The molecule has 0 aromatic carbocycles. The standard InChI is InChI=1S/C12H23P.2CH3.Ga/c1-3-7-11(8-4-1)13-12-9-5-2-6-10-12;;;/h11-13H,1-10H2;2*1H3;. The predicted octanol–water partition coefficient (Wildman–Crippen LogP) is 5.12. The van der Waals surface area contributed by atoms with Crippen molar-refractivity contribution in [3.63, 3.8) is 0 Å². The fourth-order valence-electron chi connectivity index (χ4n) is 2.87. The van der Waals surface area contributed by atoms with Crippen LogP contribution in [0.4, 0.5) is 0 Å². The van der Waals surface area contributed by atoms with E-state index in [-0.39, 0.29) is 0 Å². The summed E-state index contributed by atoms with van der Waals surface area (Å²) in [5.41, 5.74) is 6.86. The Hall–Kier alpha value is 1.07. The molecule has 0 aliphatic heterocycles. The van der Waals surface area contributed by atoms with Crippen LogP contribution in [-0.2, 0) is 0 Å². The van der Waals surface area contributed by atoms with Gasteiger partial charge in [-0.1, -0.05) is 38.5 Å². The van der Waals surface area contributed by atoms with Crippen molar-refractivity contribution in [3.8, 4) is 0 Å². The van der Waals surface area contributed by atoms with Crippen LogP contribution < -0.4 is 0 Å². The number of rotatable bonds is 2. The molecule has 2 aliphatic carbocycles. The van der Waals surface area contributed by atoms with E-state index >= 15 is 0 Å². The maximum absolute atomic E-state index is 2.28. The van der Waals surface area contributed by atoms with Crippen molar-refractivity contribution in [1.82, 2.24) is 0 Å². The summed E-state index contributed by atoms with van der Waals surface area (Å²) in [6.45, 7) is 0. The van der Waals surface area contributed by atoms with Gasteiger partial charge in [0, 0.05) is 0 Å². The van der Waals surface area contributed by atoms with E-state index in [1.165, 1.54) is 47.1 Å². The fraction of sp³-hybridized carbons (Fsp3) is 1.00. The van der Waals surface area contributed by atoms with Gasteiger partial charge in [0.1, 0.15) is 0 Å². The minimum atomic E-state index is 0.312. The van der Waals surface area contributed by atoms with Gasteiger partial charge < -0.3 is 0 Å². The molecule has 0 heterocycles. The van der Waals surface area contributed by atoms with Gasteiger partial charge in [0.2, 0.25) is 0 Å². The van der Waals surface area contributed by atoms with Crippen LogP contribution in [0, 0.1) is 0 Å². The van der Waals surface area contributed by atoms with Gasteiger partial charge in [-0.25, -0.2) is 0 Å². The summed E-state index contributed by atoms with van der Waals surface area (Å²) in [7, 11) is 1.33. The Morgan fingerprint density at radius 1 is 0.688 bits per heavy atom. The molecular weight excluding hydrogens is 269 g/mol. The predicted molar refractivity (Wildman–Crippen MR) is 79.5 cm³/mol. The molecule has 0 aromatic rings. The van der Waals surface area contributed by atoms with Crippen LogP contribution >= 0.6 is 8.58 Å². The first-order chi connectivity index (χ1) is 7.86. The molecule has 2 aliphatic rings. The van der Waals surface area contributed by atoms with Crippen molar-refractivity contribution >= 4 is 26.0 Å². The van der Waals surface area contributed by atoms with E-state index in [9.17, 15) is 0 Å². The third kappa shape index (κ3) is 6.72. The molecule has 0 bridgehead atoms. The molecule has 0 atom stereocenters. The second-order valence-electron chi connectivity index (χ2n) is 5.41. The zero-order valence-electron chi connectivity index (χ0n) is 11.3. The quantitative estimate of drug-likeness (QED) is 0.490. The Bertz CT molecular complexity index is 133. The topological polar surface area (TPSA) is 0 Å². The van der Waals surface area contributed by atoms with Gasteiger partial charge in [0.25, 0.3) is 0 Å². The van der Waals surface area contributed by atoms with E-state index in [1.807, 2.05) is 0 Å². The average Bonchev–Trinajstić information content (AvgIpc) is 2.33. The monoisotopic (exact) mass is 297 g/mol. The first-order valence-electron chi connectivity index (χ1n) is 7.37. The van der Waals surface area contributed by atoms with Gasteiger partial charge in [-0.3, -0.25) is 0 Å². The van der Waals surface area contributed by atoms with Crippen LogP contribution in [0.1, 0.15) is 64.2 Å². The summed E-state index contributed by atoms with van der Waals surface area (Å²) in [5.74, 6) is 0. The van der Waals surface area contributed by atoms with E-state index < -0.39 is 0 Å². The van der Waals surface area contributed by atoms with Crippen molar-refractivity contribution in [2.45, 2.75) is 86.5 Å². The molecule has 0 N–H and O–H groups in total. The van der Waals surface area contributed by atoms with Crippen LogP contribution in [0.25, 0.3) is 0 Å². The van der Waals surface area contributed by atoms with Crippen LogP contribution in [0.2, 0.25) is 11.0 Å². The number of hydrogen-bond acceptors (Lipinski definition) is 0. The molecule has 0 spiro atoms. The molecule has 2 fully saturated rings. The third-order valence-corrected chi connectivity index (χ3v) is 5.78. The minimum absolute atomic E-state index is 0.312. The summed E-state index contributed by atoms with van der Waals surface area (Å²) >= 11 is 0.312. The summed E-state index contributed by atoms with van der Waals surface area (Å²) in [6, 6.07) is 0. The van der Waals surface area contributed by atoms with Crippen molar-refractivity contribution < 1.29 is 0 Å². The van der Waals surface area contributed by atoms with Gasteiger partial charge in [-0.2, -0.15) is 0 Å². The third-order valence-electron chi connectivity index (χ3n) is 3.68. The molecule has 2 rings (SSSR count). The van der Waals surface area contributed by atoms with Gasteiger partial charge in [0.15, 0.2) is 0 Å². The Balaban J connectivity index is 0.000000386. The summed E-state index contributed by atoms with van der Waals surface area (Å²) in [5, 5.41) is 0. The first kappa shape index (κ1) is 15.1. The molecule has 93 valence electrons. The van der Waals surface area contributed by atoms with Crippen molar-refractivity contribution in [2.75, 3.05) is 0 Å². The molecular formula is C14H29GaP. The molecule has 0 unspecified atom stereocenters. The van der Waals surface area contributed by atoms with E-state index in [0.29, 0.717) is 17.4 Å². The van der Waals surface area contributed by atoms with E-state index in [0.717, 1.165) is 11.3 Å². The van der Waals surface area contributed by atoms with Gasteiger partial charge >= 0.3 is 28.4 Å². The zero-order valence-corrected chi connectivity index (χ0v) is 14.7. The molecule has 1 radical (unpaired) electrons. The molecule has 16 heavy (non-hydrogen) atoms. The SMILES string of the molecule is C1CCC(PC2CCCCC2)CC1.[CH3][Ga][CH3]. The molecule has 0 amide bonds. The van der Waals surface area contributed by atoms with Crippen molar-refractivity contribution in [2.24, 2.45) is 0 Å². The Kier molecular flexibility index (Phi) is 9.48. The van der Waals surface area contributed by atoms with Crippen LogP contribution in [-0.4, -0.2) is 28.7 Å². The maximum atomic E-state index is 2.28. The van der Waals surface area contributed by atoms with Crippen molar-refractivity contribution in [3.05, 3.63) is 0 Å². The molecule has 2 heteroatoms. The van der Waals surface area contributed by atoms with E-state index in [1.54, 1.807) is 25.7 Å². The summed E-state index contributed by atoms with van der Waals surface area (Å²) < 4.78 is 0. The van der Waals surface area contributed by atoms with E-state index in [4.69, 9.17) is 0 Å². The normalized spacial score (nSPS) is 23.4. The van der Waals surface area contributed by atoms with Gasteiger partial charge in [0.05, 0.1) is 0 Å². The summed E-state index contributed by atoms with van der Waals surface area (Å²) in [6.07, 6.45) is 15.4. The Labute approximate surface area is 112 Å². The van der Waals surface area contributed by atoms with E-state index in [2.05, 4.69) is 11.0 Å². The zero-order chi connectivity index (χ0) is 11.6. The number of hydrogen-bond donors (Lipinski definition) is 0. The van der Waals surface area contributed by atoms with Crippen LogP contribution in [0.5, 0.6) is 0 Å². The van der Waals surface area contributed by atoms with Crippen molar-refractivity contribution in [1.29, 1.82) is 0 Å². The second kappa shape index (κ2) is 10.0. The molecule has 2 saturated carbocycles. The van der Waals surface area contributed by atoms with Crippen LogP contribution in [0.15, 0.2) is 0 Å². The Morgan fingerprint density at radius 2 is 1.00 bits per heavy atom. The van der Waals surface area contributed by atoms with Gasteiger partial charge in [-0.05, 0) is 37.0 Å².